The van der Waals surface area contributed by atoms with Gasteiger partial charge >= 0.3 is 0 Å². The van der Waals surface area contributed by atoms with Crippen LogP contribution in [0, 0.1) is 0 Å². The van der Waals surface area contributed by atoms with Gasteiger partial charge in [0.2, 0.25) is 5.91 Å². The largest absolute Gasteiger partial charge is 0.343 e. The molecule has 2 N–H and O–H groups in total. The second-order valence-corrected chi connectivity index (χ2v) is 8.21. The van der Waals surface area contributed by atoms with Gasteiger partial charge in [-0.15, -0.1) is 0 Å². The maximum Gasteiger partial charge on any atom is 0.261 e. The summed E-state index contributed by atoms with van der Waals surface area (Å²) >= 11 is 5.81. The number of carbonyl (C=O) groups excluding carboxylic acids is 4. The first-order chi connectivity index (χ1) is 14.9. The van der Waals surface area contributed by atoms with E-state index in [-0.39, 0.29) is 35.5 Å². The smallest absolute Gasteiger partial charge is 0.261 e. The van der Waals surface area contributed by atoms with Crippen molar-refractivity contribution in [2.45, 2.75) is 38.1 Å². The van der Waals surface area contributed by atoms with E-state index < -0.39 is 11.8 Å². The normalized spacial score (nSPS) is 16.2. The Hall–Kier alpha value is -3.19. The minimum Gasteiger partial charge on any atom is -0.343 e. The second kappa shape index (κ2) is 8.89. The highest BCUT2D eigenvalue weighted by Crippen LogP contribution is 2.31. The molecule has 0 aromatic heterocycles. The third-order valence-corrected chi connectivity index (χ3v) is 5.91. The molecule has 8 heteroatoms. The quantitative estimate of drug-likeness (QED) is 0.695. The van der Waals surface area contributed by atoms with Gasteiger partial charge in [0, 0.05) is 22.3 Å². The van der Waals surface area contributed by atoms with Crippen LogP contribution < -0.4 is 10.6 Å². The summed E-state index contributed by atoms with van der Waals surface area (Å²) in [6.07, 6.45) is 4.77. The number of nitrogens with zero attached hydrogens (tertiary/aromatic N) is 1. The van der Waals surface area contributed by atoms with E-state index in [1.165, 1.54) is 23.1 Å². The maximum absolute atomic E-state index is 12.9. The summed E-state index contributed by atoms with van der Waals surface area (Å²) in [5.74, 6) is -1.53. The van der Waals surface area contributed by atoms with Gasteiger partial charge in [-0.25, -0.2) is 0 Å². The monoisotopic (exact) mass is 439 g/mol. The van der Waals surface area contributed by atoms with E-state index in [1.807, 2.05) is 0 Å². The lowest BCUT2D eigenvalue weighted by Gasteiger charge is -2.29. The topological polar surface area (TPSA) is 95.6 Å². The van der Waals surface area contributed by atoms with E-state index in [2.05, 4.69) is 10.6 Å². The number of hydrogen-bond donors (Lipinski definition) is 2. The minimum absolute atomic E-state index is 0.0741. The van der Waals surface area contributed by atoms with Crippen LogP contribution in [0.2, 0.25) is 5.02 Å². The molecule has 1 fully saturated rings. The van der Waals surface area contributed by atoms with Crippen molar-refractivity contribution in [2.75, 3.05) is 11.9 Å². The number of nitrogens with one attached hydrogen (secondary N) is 2. The van der Waals surface area contributed by atoms with Crippen LogP contribution in [0.4, 0.5) is 5.69 Å². The standard InChI is InChI=1S/C23H22ClN3O4/c24-15-7-9-16(10-8-15)26-20(28)13-25-21(29)14-6-11-18-19(12-14)23(31)27(22(18)30)17-4-2-1-3-5-17/h6-12,17H,1-5,13H2,(H,25,29)(H,26,28). The van der Waals surface area contributed by atoms with Crippen LogP contribution in [0.3, 0.4) is 0 Å². The lowest BCUT2D eigenvalue weighted by molar-refractivity contribution is -0.115. The van der Waals surface area contributed by atoms with Crippen molar-refractivity contribution >= 4 is 40.9 Å². The van der Waals surface area contributed by atoms with Crippen molar-refractivity contribution in [1.82, 2.24) is 10.2 Å². The summed E-state index contributed by atoms with van der Waals surface area (Å²) in [6.45, 7) is -0.236. The number of anilines is 1. The van der Waals surface area contributed by atoms with Crippen molar-refractivity contribution in [2.24, 2.45) is 0 Å². The summed E-state index contributed by atoms with van der Waals surface area (Å²) in [6, 6.07) is 11.0. The number of hydrogen-bond acceptors (Lipinski definition) is 4. The fourth-order valence-electron chi connectivity index (χ4n) is 4.07. The highest BCUT2D eigenvalue weighted by atomic mass is 35.5. The maximum atomic E-state index is 12.9. The molecule has 0 bridgehead atoms. The molecule has 0 radical (unpaired) electrons. The van der Waals surface area contributed by atoms with E-state index in [9.17, 15) is 19.2 Å². The SMILES string of the molecule is O=C(CNC(=O)c1ccc2c(c1)C(=O)N(C1CCCCC1)C2=O)Nc1ccc(Cl)cc1. The Morgan fingerprint density at radius 2 is 1.61 bits per heavy atom. The van der Waals surface area contributed by atoms with E-state index >= 15 is 0 Å². The van der Waals surface area contributed by atoms with Gasteiger partial charge in [-0.2, -0.15) is 0 Å². The van der Waals surface area contributed by atoms with Crippen LogP contribution in [-0.4, -0.2) is 41.1 Å². The van der Waals surface area contributed by atoms with Crippen LogP contribution in [0.25, 0.3) is 0 Å². The van der Waals surface area contributed by atoms with Gasteiger partial charge in [0.1, 0.15) is 0 Å². The van der Waals surface area contributed by atoms with Crippen molar-refractivity contribution in [3.63, 3.8) is 0 Å². The number of fused-ring (bicyclic) bond motifs is 1. The van der Waals surface area contributed by atoms with Crippen LogP contribution in [0.1, 0.15) is 63.2 Å². The molecule has 1 aliphatic carbocycles. The number of benzene rings is 2. The van der Waals surface area contributed by atoms with Crippen LogP contribution in [-0.2, 0) is 4.79 Å². The van der Waals surface area contributed by atoms with Gasteiger partial charge in [0.25, 0.3) is 17.7 Å². The molecule has 2 aromatic carbocycles. The van der Waals surface area contributed by atoms with Gasteiger partial charge in [-0.3, -0.25) is 24.1 Å². The van der Waals surface area contributed by atoms with Crippen LogP contribution in [0.15, 0.2) is 42.5 Å². The lowest BCUT2D eigenvalue weighted by Crippen LogP contribution is -2.40. The van der Waals surface area contributed by atoms with E-state index in [1.54, 1.807) is 24.3 Å². The molecule has 4 amide bonds. The first-order valence-electron chi connectivity index (χ1n) is 10.3. The summed E-state index contributed by atoms with van der Waals surface area (Å²) in [5, 5.41) is 5.74. The molecule has 0 spiro atoms. The Balaban J connectivity index is 1.40. The van der Waals surface area contributed by atoms with Crippen molar-refractivity contribution in [1.29, 1.82) is 0 Å². The number of rotatable bonds is 5. The van der Waals surface area contributed by atoms with Gasteiger partial charge < -0.3 is 10.6 Å². The van der Waals surface area contributed by atoms with Crippen LogP contribution in [0.5, 0.6) is 0 Å². The van der Waals surface area contributed by atoms with E-state index in [4.69, 9.17) is 11.6 Å². The third kappa shape index (κ3) is 4.46. The van der Waals surface area contributed by atoms with Crippen molar-refractivity contribution < 1.29 is 19.2 Å². The molecular weight excluding hydrogens is 418 g/mol. The molecule has 4 rings (SSSR count). The highest BCUT2D eigenvalue weighted by Gasteiger charge is 2.40. The Labute approximate surface area is 184 Å². The zero-order chi connectivity index (χ0) is 22.0. The Morgan fingerprint density at radius 3 is 2.32 bits per heavy atom. The summed E-state index contributed by atoms with van der Waals surface area (Å²) in [4.78, 5) is 51.5. The fourth-order valence-corrected chi connectivity index (χ4v) is 4.20. The molecule has 2 aromatic rings. The average Bonchev–Trinajstić information content (AvgIpc) is 3.04. The summed E-state index contributed by atoms with van der Waals surface area (Å²) < 4.78 is 0. The van der Waals surface area contributed by atoms with E-state index in [0.29, 0.717) is 16.3 Å². The number of amides is 4. The summed E-state index contributed by atoms with van der Waals surface area (Å²) in [5.41, 5.74) is 1.36. The van der Waals surface area contributed by atoms with Crippen molar-refractivity contribution in [3.05, 3.63) is 64.2 Å². The third-order valence-electron chi connectivity index (χ3n) is 5.66. The zero-order valence-corrected chi connectivity index (χ0v) is 17.6. The summed E-state index contributed by atoms with van der Waals surface area (Å²) in [7, 11) is 0. The van der Waals surface area contributed by atoms with Crippen molar-refractivity contribution in [3.8, 4) is 0 Å². The predicted molar refractivity (Wildman–Crippen MR) is 116 cm³/mol. The van der Waals surface area contributed by atoms with Crippen LogP contribution >= 0.6 is 11.6 Å². The van der Waals surface area contributed by atoms with Gasteiger partial charge in [0.15, 0.2) is 0 Å². The zero-order valence-electron chi connectivity index (χ0n) is 16.8. The molecule has 1 aliphatic heterocycles. The Morgan fingerprint density at radius 1 is 0.935 bits per heavy atom. The molecule has 0 unspecified atom stereocenters. The molecule has 0 saturated heterocycles. The average molecular weight is 440 g/mol. The Kier molecular flexibility index (Phi) is 6.04. The molecule has 1 heterocycles. The molecular formula is C23H22ClN3O4. The van der Waals surface area contributed by atoms with E-state index in [0.717, 1.165) is 32.1 Å². The number of imide groups is 1. The molecule has 160 valence electrons. The Bertz CT molecular complexity index is 1050. The number of carbonyl (C=O) groups is 4. The molecule has 7 nitrogen and oxygen atoms in total. The fraction of sp³-hybridized carbons (Fsp3) is 0.304. The highest BCUT2D eigenvalue weighted by molar-refractivity contribution is 6.30. The lowest BCUT2D eigenvalue weighted by atomic mass is 9.94. The van der Waals surface area contributed by atoms with Gasteiger partial charge in [-0.1, -0.05) is 30.9 Å². The predicted octanol–water partition coefficient (Wildman–Crippen LogP) is 3.64. The molecule has 31 heavy (non-hydrogen) atoms. The molecule has 1 saturated carbocycles. The molecule has 0 atom stereocenters. The second-order valence-electron chi connectivity index (χ2n) is 7.77. The number of halogens is 1. The first-order valence-corrected chi connectivity index (χ1v) is 10.7. The first kappa shape index (κ1) is 21.1. The minimum atomic E-state index is -0.495. The molecule has 2 aliphatic rings. The van der Waals surface area contributed by atoms with Gasteiger partial charge in [0.05, 0.1) is 17.7 Å². The van der Waals surface area contributed by atoms with Gasteiger partial charge in [-0.05, 0) is 55.3 Å².